The number of nitriles is 1. The Kier molecular flexibility index (Phi) is 9.63. The van der Waals surface area contributed by atoms with Gasteiger partial charge in [0.15, 0.2) is 0 Å². The molecule has 0 aromatic rings. The van der Waals surface area contributed by atoms with E-state index in [1.807, 2.05) is 0 Å². The largest absolute Gasteiger partial charge is 0.480 e. The molecule has 0 radical (unpaired) electrons. The summed E-state index contributed by atoms with van der Waals surface area (Å²) >= 11 is 0. The third-order valence-corrected chi connectivity index (χ3v) is 2.81. The minimum atomic E-state index is -1.13. The van der Waals surface area contributed by atoms with Gasteiger partial charge >= 0.3 is 5.97 Å². The predicted molar refractivity (Wildman–Crippen MR) is 77.0 cm³/mol. The molecule has 7 nitrogen and oxygen atoms in total. The fourth-order valence-electron chi connectivity index (χ4n) is 1.57. The molecule has 0 fully saturated rings. The molecule has 0 saturated carbocycles. The summed E-state index contributed by atoms with van der Waals surface area (Å²) in [6, 6.07) is 0.712. The Hall–Kier alpha value is -2.07. The van der Waals surface area contributed by atoms with Gasteiger partial charge in [0.25, 0.3) is 5.91 Å². The molecule has 4 N–H and O–H groups in total. The predicted octanol–water partition coefficient (Wildman–Crippen LogP) is 0.371. The number of amides is 1. The highest BCUT2D eigenvalue weighted by atomic mass is 16.4. The summed E-state index contributed by atoms with van der Waals surface area (Å²) in [5.74, 6) is -2.12. The average molecular weight is 297 g/mol. The maximum absolute atomic E-state index is 11.8. The molecule has 1 unspecified atom stereocenters. The number of carbonyl (C=O) groups excluding carboxylic acids is 1. The molecule has 0 aliphatic rings. The number of hydrogen-bond donors (Lipinski definition) is 4. The van der Waals surface area contributed by atoms with Crippen molar-refractivity contribution in [2.45, 2.75) is 39.2 Å². The van der Waals surface area contributed by atoms with Crippen LogP contribution in [0.4, 0.5) is 0 Å². The van der Waals surface area contributed by atoms with Gasteiger partial charge in [-0.15, -0.1) is 0 Å². The first-order valence-electron chi connectivity index (χ1n) is 6.92. The number of unbranched alkanes of at least 4 members (excludes halogenated alkanes) is 2. The van der Waals surface area contributed by atoms with Crippen LogP contribution in [0.2, 0.25) is 0 Å². The number of aliphatic hydroxyl groups is 1. The van der Waals surface area contributed by atoms with E-state index in [0.717, 1.165) is 12.8 Å². The quantitative estimate of drug-likeness (QED) is 0.262. The van der Waals surface area contributed by atoms with Crippen molar-refractivity contribution in [1.29, 1.82) is 5.26 Å². The van der Waals surface area contributed by atoms with E-state index in [1.165, 1.54) is 6.20 Å². The number of carbonyl (C=O) groups is 2. The summed E-state index contributed by atoms with van der Waals surface area (Å²) in [7, 11) is 0. The minimum Gasteiger partial charge on any atom is -0.480 e. The molecule has 7 heteroatoms. The zero-order valence-electron chi connectivity index (χ0n) is 12.4. The van der Waals surface area contributed by atoms with Gasteiger partial charge in [-0.3, -0.25) is 4.79 Å². The molecule has 0 saturated heterocycles. The maximum atomic E-state index is 11.8. The highest BCUT2D eigenvalue weighted by Gasteiger charge is 2.24. The highest BCUT2D eigenvalue weighted by molar-refractivity contribution is 5.99. The first kappa shape index (κ1) is 18.9. The summed E-state index contributed by atoms with van der Waals surface area (Å²) in [5.41, 5.74) is -0.163. The molecule has 0 aromatic heterocycles. The number of rotatable bonds is 10. The fraction of sp³-hybridized carbons (Fsp3) is 0.643. The molecule has 0 aliphatic heterocycles. The lowest BCUT2D eigenvalue weighted by molar-refractivity contribution is -0.142. The van der Waals surface area contributed by atoms with E-state index in [1.54, 1.807) is 19.9 Å². The number of aliphatic carboxylic acids is 1. The van der Waals surface area contributed by atoms with Crippen molar-refractivity contribution in [3.63, 3.8) is 0 Å². The Morgan fingerprint density at radius 2 is 1.95 bits per heavy atom. The van der Waals surface area contributed by atoms with E-state index >= 15 is 0 Å². The van der Waals surface area contributed by atoms with Crippen LogP contribution in [0.5, 0.6) is 0 Å². The SMILES string of the molecule is CC(C)C(NC(=O)/C(C#N)=C\NCCCCCO)C(=O)O. The van der Waals surface area contributed by atoms with Crippen molar-refractivity contribution in [2.24, 2.45) is 5.92 Å². The van der Waals surface area contributed by atoms with Crippen molar-refractivity contribution >= 4 is 11.9 Å². The summed E-state index contributed by atoms with van der Waals surface area (Å²) in [4.78, 5) is 22.8. The van der Waals surface area contributed by atoms with Crippen LogP contribution in [0, 0.1) is 17.2 Å². The molecular weight excluding hydrogens is 274 g/mol. The van der Waals surface area contributed by atoms with Gasteiger partial charge in [0.05, 0.1) is 0 Å². The third kappa shape index (κ3) is 7.95. The molecule has 0 heterocycles. The number of aliphatic hydroxyl groups excluding tert-OH is 1. The molecular formula is C14H23N3O4. The monoisotopic (exact) mass is 297 g/mol. The Morgan fingerprint density at radius 1 is 1.29 bits per heavy atom. The zero-order chi connectivity index (χ0) is 16.3. The van der Waals surface area contributed by atoms with E-state index in [-0.39, 0.29) is 18.1 Å². The van der Waals surface area contributed by atoms with Gasteiger partial charge in [0.1, 0.15) is 17.7 Å². The van der Waals surface area contributed by atoms with Crippen LogP contribution in [0.3, 0.4) is 0 Å². The van der Waals surface area contributed by atoms with Crippen LogP contribution in [0.1, 0.15) is 33.1 Å². The lowest BCUT2D eigenvalue weighted by Gasteiger charge is -2.17. The van der Waals surface area contributed by atoms with Crippen molar-refractivity contribution < 1.29 is 19.8 Å². The zero-order valence-corrected chi connectivity index (χ0v) is 12.4. The van der Waals surface area contributed by atoms with Crippen LogP contribution in [0.25, 0.3) is 0 Å². The summed E-state index contributed by atoms with van der Waals surface area (Å²) < 4.78 is 0. The second-order valence-electron chi connectivity index (χ2n) is 4.94. The molecule has 0 aliphatic carbocycles. The van der Waals surface area contributed by atoms with Crippen LogP contribution in [-0.4, -0.2) is 41.3 Å². The van der Waals surface area contributed by atoms with E-state index in [9.17, 15) is 9.59 Å². The van der Waals surface area contributed by atoms with Crippen LogP contribution in [0.15, 0.2) is 11.8 Å². The molecule has 0 rings (SSSR count). The van der Waals surface area contributed by atoms with Gasteiger partial charge in [-0.05, 0) is 25.2 Å². The molecule has 0 aromatic carbocycles. The third-order valence-electron chi connectivity index (χ3n) is 2.81. The second kappa shape index (κ2) is 10.7. The fourth-order valence-corrected chi connectivity index (χ4v) is 1.57. The van der Waals surface area contributed by atoms with Gasteiger partial charge in [-0.25, -0.2) is 4.79 Å². The van der Waals surface area contributed by atoms with Gasteiger partial charge in [0, 0.05) is 19.4 Å². The van der Waals surface area contributed by atoms with Crippen molar-refractivity contribution in [2.75, 3.05) is 13.2 Å². The van der Waals surface area contributed by atoms with E-state index in [2.05, 4.69) is 10.6 Å². The summed E-state index contributed by atoms with van der Waals surface area (Å²) in [5, 5.41) is 31.7. The smallest absolute Gasteiger partial charge is 0.326 e. The van der Waals surface area contributed by atoms with Gasteiger partial charge in [0.2, 0.25) is 0 Å². The first-order chi connectivity index (χ1) is 9.93. The van der Waals surface area contributed by atoms with Gasteiger partial charge in [-0.2, -0.15) is 5.26 Å². The summed E-state index contributed by atoms with van der Waals surface area (Å²) in [6.07, 6.45) is 3.65. The van der Waals surface area contributed by atoms with Gasteiger partial charge < -0.3 is 20.8 Å². The van der Waals surface area contributed by atoms with Crippen LogP contribution < -0.4 is 10.6 Å². The highest BCUT2D eigenvalue weighted by Crippen LogP contribution is 2.03. The van der Waals surface area contributed by atoms with E-state index in [4.69, 9.17) is 15.5 Å². The average Bonchev–Trinajstić information content (AvgIpc) is 2.43. The molecule has 0 bridgehead atoms. The van der Waals surface area contributed by atoms with E-state index < -0.39 is 17.9 Å². The second-order valence-corrected chi connectivity index (χ2v) is 4.94. The topological polar surface area (TPSA) is 122 Å². The van der Waals surface area contributed by atoms with Crippen molar-refractivity contribution in [3.05, 3.63) is 11.8 Å². The molecule has 1 amide bonds. The number of carboxylic acid groups (broad SMARTS) is 1. The summed E-state index contributed by atoms with van der Waals surface area (Å²) in [6.45, 7) is 4.07. The Labute approximate surface area is 124 Å². The normalized spacial score (nSPS) is 12.6. The first-order valence-corrected chi connectivity index (χ1v) is 6.92. The van der Waals surface area contributed by atoms with Gasteiger partial charge in [-0.1, -0.05) is 13.8 Å². The number of nitrogens with one attached hydrogen (secondary N) is 2. The number of hydrogen-bond acceptors (Lipinski definition) is 5. The molecule has 21 heavy (non-hydrogen) atoms. The van der Waals surface area contributed by atoms with Crippen LogP contribution >= 0.6 is 0 Å². The lowest BCUT2D eigenvalue weighted by Crippen LogP contribution is -2.44. The Balaban J connectivity index is 4.41. The number of carboxylic acids is 1. The maximum Gasteiger partial charge on any atom is 0.326 e. The van der Waals surface area contributed by atoms with Crippen molar-refractivity contribution in [3.8, 4) is 6.07 Å². The number of nitrogens with zero attached hydrogens (tertiary/aromatic N) is 1. The molecule has 118 valence electrons. The minimum absolute atomic E-state index is 0.146. The Bertz CT molecular complexity index is 413. The Morgan fingerprint density at radius 3 is 2.43 bits per heavy atom. The van der Waals surface area contributed by atoms with E-state index in [0.29, 0.717) is 13.0 Å². The standard InChI is InChI=1S/C14H23N3O4/c1-10(2)12(14(20)21)17-13(19)11(8-15)9-16-6-4-3-5-7-18/h9-10,12,16,18H,3-7H2,1-2H3,(H,17,19)(H,20,21)/b11-9-. The van der Waals surface area contributed by atoms with Crippen LogP contribution in [-0.2, 0) is 9.59 Å². The molecule has 1 atom stereocenters. The van der Waals surface area contributed by atoms with Crippen molar-refractivity contribution in [1.82, 2.24) is 10.6 Å². The molecule has 0 spiro atoms. The lowest BCUT2D eigenvalue weighted by atomic mass is 10.0.